The van der Waals surface area contributed by atoms with Crippen LogP contribution in [0.3, 0.4) is 0 Å². The van der Waals surface area contributed by atoms with E-state index in [1.807, 2.05) is 0 Å². The molecule has 1 heterocycles. The van der Waals surface area contributed by atoms with Crippen molar-refractivity contribution >= 4 is 11.3 Å². The first-order valence-electron chi connectivity index (χ1n) is 5.96. The van der Waals surface area contributed by atoms with Gasteiger partial charge in [0.15, 0.2) is 0 Å². The van der Waals surface area contributed by atoms with Gasteiger partial charge < -0.3 is 5.11 Å². The lowest BCUT2D eigenvalue weighted by Gasteiger charge is -2.17. The molecule has 1 nitrogen and oxygen atoms in total. The van der Waals surface area contributed by atoms with Gasteiger partial charge >= 0.3 is 0 Å². The van der Waals surface area contributed by atoms with Gasteiger partial charge in [0.25, 0.3) is 0 Å². The Morgan fingerprint density at radius 1 is 1.53 bits per heavy atom. The van der Waals surface area contributed by atoms with Crippen molar-refractivity contribution in [2.24, 2.45) is 11.8 Å². The first-order chi connectivity index (χ1) is 7.25. The molecule has 0 aliphatic heterocycles. The van der Waals surface area contributed by atoms with Crippen molar-refractivity contribution in [2.75, 3.05) is 0 Å². The van der Waals surface area contributed by atoms with Crippen molar-refractivity contribution in [3.63, 3.8) is 0 Å². The predicted molar refractivity (Wildman–Crippen MR) is 65.2 cm³/mol. The molecule has 0 spiro atoms. The van der Waals surface area contributed by atoms with Crippen LogP contribution in [0, 0.1) is 11.8 Å². The highest BCUT2D eigenvalue weighted by molar-refractivity contribution is 7.09. The van der Waals surface area contributed by atoms with Gasteiger partial charge in [-0.1, -0.05) is 19.4 Å². The molecule has 0 saturated heterocycles. The average Bonchev–Trinajstić information content (AvgIpc) is 2.84. The van der Waals surface area contributed by atoms with E-state index in [2.05, 4.69) is 24.4 Å². The fourth-order valence-corrected chi connectivity index (χ4v) is 3.31. The number of aliphatic hydroxyl groups excluding tert-OH is 1. The van der Waals surface area contributed by atoms with Crippen LogP contribution in [0.1, 0.15) is 37.5 Å². The van der Waals surface area contributed by atoms with Gasteiger partial charge in [-0.25, -0.2) is 0 Å². The third kappa shape index (κ3) is 3.05. The van der Waals surface area contributed by atoms with Crippen LogP contribution < -0.4 is 0 Å². The van der Waals surface area contributed by atoms with Gasteiger partial charge in [-0.15, -0.1) is 11.3 Å². The van der Waals surface area contributed by atoms with Gasteiger partial charge in [-0.3, -0.25) is 0 Å². The van der Waals surface area contributed by atoms with E-state index in [0.29, 0.717) is 5.92 Å². The van der Waals surface area contributed by atoms with E-state index in [1.54, 1.807) is 11.3 Å². The summed E-state index contributed by atoms with van der Waals surface area (Å²) in [6, 6.07) is 4.25. The highest BCUT2D eigenvalue weighted by atomic mass is 32.1. The molecule has 1 saturated carbocycles. The van der Waals surface area contributed by atoms with E-state index in [-0.39, 0.29) is 6.10 Å². The molecule has 1 aliphatic rings. The molecule has 3 unspecified atom stereocenters. The first kappa shape index (κ1) is 11.2. The summed E-state index contributed by atoms with van der Waals surface area (Å²) in [7, 11) is 0. The van der Waals surface area contributed by atoms with Crippen LogP contribution in [0.15, 0.2) is 17.5 Å². The molecular formula is C13H20OS. The molecule has 1 aliphatic carbocycles. The Morgan fingerprint density at radius 2 is 2.40 bits per heavy atom. The average molecular weight is 224 g/mol. The number of hydrogen-bond acceptors (Lipinski definition) is 2. The summed E-state index contributed by atoms with van der Waals surface area (Å²) in [5, 5.41) is 12.2. The third-order valence-electron chi connectivity index (χ3n) is 3.55. The number of hydrogen-bond donors (Lipinski definition) is 1. The molecule has 0 amide bonds. The standard InChI is InChI=1S/C13H20OS/c1-10-4-5-11(9-10)13(14)7-6-12-3-2-8-15-12/h2-3,8,10-11,13-14H,4-7,9H2,1H3. The van der Waals surface area contributed by atoms with E-state index in [0.717, 1.165) is 18.8 Å². The van der Waals surface area contributed by atoms with Crippen molar-refractivity contribution in [3.05, 3.63) is 22.4 Å². The van der Waals surface area contributed by atoms with Crippen molar-refractivity contribution in [1.29, 1.82) is 0 Å². The third-order valence-corrected chi connectivity index (χ3v) is 4.48. The van der Waals surface area contributed by atoms with Gasteiger partial charge in [0, 0.05) is 4.88 Å². The van der Waals surface area contributed by atoms with E-state index in [9.17, 15) is 5.11 Å². The molecule has 3 atom stereocenters. The first-order valence-corrected chi connectivity index (χ1v) is 6.84. The van der Waals surface area contributed by atoms with Crippen molar-refractivity contribution in [1.82, 2.24) is 0 Å². The zero-order chi connectivity index (χ0) is 10.7. The summed E-state index contributed by atoms with van der Waals surface area (Å²) >= 11 is 1.80. The van der Waals surface area contributed by atoms with Gasteiger partial charge in [0.1, 0.15) is 0 Å². The molecule has 1 aromatic heterocycles. The Labute approximate surface area is 96.1 Å². The van der Waals surface area contributed by atoms with Gasteiger partial charge in [0.05, 0.1) is 6.10 Å². The molecule has 0 aromatic carbocycles. The summed E-state index contributed by atoms with van der Waals surface area (Å²) in [5.74, 6) is 1.39. The Kier molecular flexibility index (Phi) is 3.81. The highest BCUT2D eigenvalue weighted by Gasteiger charge is 2.27. The molecule has 1 N–H and O–H groups in total. The Bertz CT molecular complexity index is 281. The minimum atomic E-state index is -0.0722. The SMILES string of the molecule is CC1CCC(C(O)CCc2cccs2)C1. The summed E-state index contributed by atoms with van der Waals surface area (Å²) in [6.07, 6.45) is 5.68. The second-order valence-electron chi connectivity index (χ2n) is 4.86. The number of thiophene rings is 1. The quantitative estimate of drug-likeness (QED) is 0.830. The maximum absolute atomic E-state index is 10.1. The molecule has 0 bridgehead atoms. The molecular weight excluding hydrogens is 204 g/mol. The molecule has 1 fully saturated rings. The number of aryl methyl sites for hydroxylation is 1. The Morgan fingerprint density at radius 3 is 3.00 bits per heavy atom. The summed E-state index contributed by atoms with van der Waals surface area (Å²) in [4.78, 5) is 1.40. The van der Waals surface area contributed by atoms with E-state index in [1.165, 1.54) is 24.1 Å². The fourth-order valence-electron chi connectivity index (χ4n) is 2.58. The number of rotatable bonds is 4. The van der Waals surface area contributed by atoms with Gasteiger partial charge in [-0.2, -0.15) is 0 Å². The van der Waals surface area contributed by atoms with Gasteiger partial charge in [0.2, 0.25) is 0 Å². The minimum Gasteiger partial charge on any atom is -0.393 e. The van der Waals surface area contributed by atoms with Gasteiger partial charge in [-0.05, 0) is 49.0 Å². The fraction of sp³-hybridized carbons (Fsp3) is 0.692. The second-order valence-corrected chi connectivity index (χ2v) is 5.90. The molecule has 15 heavy (non-hydrogen) atoms. The molecule has 0 radical (unpaired) electrons. The smallest absolute Gasteiger partial charge is 0.0572 e. The zero-order valence-electron chi connectivity index (χ0n) is 9.36. The van der Waals surface area contributed by atoms with Crippen molar-refractivity contribution in [2.45, 2.75) is 45.1 Å². The molecule has 2 heteroatoms. The second kappa shape index (κ2) is 5.13. The van der Waals surface area contributed by atoms with Crippen LogP contribution in [0.2, 0.25) is 0 Å². The summed E-state index contributed by atoms with van der Waals surface area (Å²) < 4.78 is 0. The van der Waals surface area contributed by atoms with Crippen molar-refractivity contribution in [3.8, 4) is 0 Å². The predicted octanol–water partition coefficient (Wildman–Crippen LogP) is 3.48. The molecule has 1 aromatic rings. The lowest BCUT2D eigenvalue weighted by Crippen LogP contribution is -2.18. The lowest BCUT2D eigenvalue weighted by atomic mass is 9.96. The normalized spacial score (nSPS) is 28.1. The minimum absolute atomic E-state index is 0.0722. The van der Waals surface area contributed by atoms with Crippen LogP contribution in [-0.4, -0.2) is 11.2 Å². The Hall–Kier alpha value is -0.340. The van der Waals surface area contributed by atoms with E-state index in [4.69, 9.17) is 0 Å². The molecule has 2 rings (SSSR count). The lowest BCUT2D eigenvalue weighted by molar-refractivity contribution is 0.101. The largest absolute Gasteiger partial charge is 0.393 e. The van der Waals surface area contributed by atoms with Crippen molar-refractivity contribution < 1.29 is 5.11 Å². The summed E-state index contributed by atoms with van der Waals surface area (Å²) in [5.41, 5.74) is 0. The van der Waals surface area contributed by atoms with Crippen LogP contribution >= 0.6 is 11.3 Å². The van der Waals surface area contributed by atoms with Crippen LogP contribution in [-0.2, 0) is 6.42 Å². The number of aliphatic hydroxyl groups is 1. The summed E-state index contributed by atoms with van der Waals surface area (Å²) in [6.45, 7) is 2.30. The topological polar surface area (TPSA) is 20.2 Å². The monoisotopic (exact) mass is 224 g/mol. The maximum Gasteiger partial charge on any atom is 0.0572 e. The van der Waals surface area contributed by atoms with Crippen LogP contribution in [0.25, 0.3) is 0 Å². The Balaban J connectivity index is 1.75. The van der Waals surface area contributed by atoms with Crippen LogP contribution in [0.4, 0.5) is 0 Å². The van der Waals surface area contributed by atoms with E-state index >= 15 is 0 Å². The molecule has 84 valence electrons. The maximum atomic E-state index is 10.1. The zero-order valence-corrected chi connectivity index (χ0v) is 10.2. The van der Waals surface area contributed by atoms with Crippen LogP contribution in [0.5, 0.6) is 0 Å². The highest BCUT2D eigenvalue weighted by Crippen LogP contribution is 2.34. The van der Waals surface area contributed by atoms with E-state index < -0.39 is 0 Å².